The molecule has 1 aliphatic heterocycles. The van der Waals surface area contributed by atoms with Crippen LogP contribution in [0, 0.1) is 6.92 Å². The van der Waals surface area contributed by atoms with E-state index in [1.54, 1.807) is 18.2 Å². The Morgan fingerprint density at radius 3 is 2.65 bits per heavy atom. The molecule has 5 nitrogen and oxygen atoms in total. The monoisotopic (exact) mass is 368 g/mol. The van der Waals surface area contributed by atoms with Crippen molar-refractivity contribution in [2.75, 3.05) is 13.1 Å². The molecule has 1 aromatic heterocycles. The second-order valence-electron chi connectivity index (χ2n) is 6.52. The van der Waals surface area contributed by atoms with Gasteiger partial charge in [-0.05, 0) is 42.3 Å². The van der Waals surface area contributed by atoms with E-state index >= 15 is 0 Å². The lowest BCUT2D eigenvalue weighted by Crippen LogP contribution is -2.31. The number of aromatic nitrogens is 1. The lowest BCUT2D eigenvalue weighted by molar-refractivity contribution is 0.206. The SMILES string of the molecule is Cc1cccc(OC2CCN(S(=O)(=O)c3ccc4ccccc4c3)C2)n1. The van der Waals surface area contributed by atoms with Gasteiger partial charge in [-0.25, -0.2) is 13.4 Å². The summed E-state index contributed by atoms with van der Waals surface area (Å²) < 4.78 is 33.3. The zero-order valence-corrected chi connectivity index (χ0v) is 15.3. The van der Waals surface area contributed by atoms with E-state index in [9.17, 15) is 8.42 Å². The number of benzene rings is 2. The summed E-state index contributed by atoms with van der Waals surface area (Å²) in [6, 6.07) is 18.6. The van der Waals surface area contributed by atoms with E-state index in [-0.39, 0.29) is 6.10 Å². The predicted molar refractivity (Wildman–Crippen MR) is 101 cm³/mol. The van der Waals surface area contributed by atoms with Gasteiger partial charge in [-0.3, -0.25) is 0 Å². The van der Waals surface area contributed by atoms with Gasteiger partial charge in [0.15, 0.2) is 0 Å². The van der Waals surface area contributed by atoms with Crippen LogP contribution < -0.4 is 4.74 Å². The van der Waals surface area contributed by atoms with Crippen LogP contribution in [0.15, 0.2) is 65.6 Å². The van der Waals surface area contributed by atoms with Gasteiger partial charge in [0.2, 0.25) is 15.9 Å². The van der Waals surface area contributed by atoms with Gasteiger partial charge in [0.25, 0.3) is 0 Å². The number of ether oxygens (including phenoxy) is 1. The lowest BCUT2D eigenvalue weighted by Gasteiger charge is -2.17. The fraction of sp³-hybridized carbons (Fsp3) is 0.250. The molecule has 1 unspecified atom stereocenters. The molecule has 6 heteroatoms. The average Bonchev–Trinajstić information content (AvgIpc) is 3.10. The van der Waals surface area contributed by atoms with Crippen LogP contribution in [0.2, 0.25) is 0 Å². The van der Waals surface area contributed by atoms with Gasteiger partial charge in [-0.15, -0.1) is 0 Å². The molecule has 2 aromatic carbocycles. The van der Waals surface area contributed by atoms with E-state index in [2.05, 4.69) is 4.98 Å². The molecule has 26 heavy (non-hydrogen) atoms. The minimum absolute atomic E-state index is 0.181. The third-order valence-corrected chi connectivity index (χ3v) is 6.48. The first-order valence-electron chi connectivity index (χ1n) is 8.62. The summed E-state index contributed by atoms with van der Waals surface area (Å²) in [6.45, 7) is 2.69. The van der Waals surface area contributed by atoms with Gasteiger partial charge < -0.3 is 4.74 Å². The second-order valence-corrected chi connectivity index (χ2v) is 8.46. The highest BCUT2D eigenvalue weighted by Crippen LogP contribution is 2.26. The van der Waals surface area contributed by atoms with Crippen molar-refractivity contribution in [1.29, 1.82) is 0 Å². The minimum atomic E-state index is -3.53. The van der Waals surface area contributed by atoms with Crippen molar-refractivity contribution in [3.8, 4) is 5.88 Å². The predicted octanol–water partition coefficient (Wildman–Crippen LogP) is 3.39. The molecule has 1 saturated heterocycles. The Hall–Kier alpha value is -2.44. The van der Waals surface area contributed by atoms with Gasteiger partial charge in [-0.2, -0.15) is 4.31 Å². The topological polar surface area (TPSA) is 59.5 Å². The molecule has 2 heterocycles. The second kappa shape index (κ2) is 6.70. The van der Waals surface area contributed by atoms with Crippen LogP contribution in [-0.4, -0.2) is 36.9 Å². The highest BCUT2D eigenvalue weighted by Gasteiger charge is 2.33. The smallest absolute Gasteiger partial charge is 0.243 e. The zero-order valence-electron chi connectivity index (χ0n) is 14.5. The van der Waals surface area contributed by atoms with Gasteiger partial charge >= 0.3 is 0 Å². The molecule has 0 saturated carbocycles. The van der Waals surface area contributed by atoms with Crippen LogP contribution >= 0.6 is 0 Å². The number of hydrogen-bond donors (Lipinski definition) is 0. The fourth-order valence-corrected chi connectivity index (χ4v) is 4.77. The van der Waals surface area contributed by atoms with Crippen LogP contribution in [0.1, 0.15) is 12.1 Å². The maximum atomic E-state index is 13.0. The summed E-state index contributed by atoms with van der Waals surface area (Å²) in [5, 5.41) is 1.95. The molecular weight excluding hydrogens is 348 g/mol. The maximum absolute atomic E-state index is 13.0. The molecule has 0 amide bonds. The van der Waals surface area contributed by atoms with E-state index in [1.807, 2.05) is 49.4 Å². The van der Waals surface area contributed by atoms with Crippen molar-refractivity contribution < 1.29 is 13.2 Å². The number of nitrogens with zero attached hydrogens (tertiary/aromatic N) is 2. The zero-order chi connectivity index (χ0) is 18.1. The maximum Gasteiger partial charge on any atom is 0.243 e. The van der Waals surface area contributed by atoms with E-state index in [1.165, 1.54) is 4.31 Å². The number of hydrogen-bond acceptors (Lipinski definition) is 4. The van der Waals surface area contributed by atoms with E-state index in [0.717, 1.165) is 16.5 Å². The molecule has 1 fully saturated rings. The Bertz CT molecular complexity index is 1050. The van der Waals surface area contributed by atoms with Crippen molar-refractivity contribution in [3.05, 3.63) is 66.4 Å². The van der Waals surface area contributed by atoms with Gasteiger partial charge in [-0.1, -0.05) is 36.4 Å². The lowest BCUT2D eigenvalue weighted by atomic mass is 10.1. The highest BCUT2D eigenvalue weighted by atomic mass is 32.2. The first-order valence-corrected chi connectivity index (χ1v) is 10.1. The molecule has 0 radical (unpaired) electrons. The average molecular weight is 368 g/mol. The molecule has 0 bridgehead atoms. The standard InChI is InChI=1S/C20H20N2O3S/c1-15-5-4-8-20(21-15)25-18-11-12-22(14-18)26(23,24)19-10-9-16-6-2-3-7-17(16)13-19/h2-10,13,18H,11-12,14H2,1H3. The van der Waals surface area contributed by atoms with Crippen molar-refractivity contribution in [3.63, 3.8) is 0 Å². The number of pyridine rings is 1. The molecule has 0 N–H and O–H groups in total. The molecule has 134 valence electrons. The molecule has 0 aliphatic carbocycles. The summed E-state index contributed by atoms with van der Waals surface area (Å²) in [5.41, 5.74) is 0.876. The Labute approximate surface area is 153 Å². The van der Waals surface area contributed by atoms with E-state index < -0.39 is 10.0 Å². The normalized spacial score (nSPS) is 18.3. The number of aryl methyl sites for hydroxylation is 1. The Balaban J connectivity index is 1.53. The highest BCUT2D eigenvalue weighted by molar-refractivity contribution is 7.89. The Morgan fingerprint density at radius 1 is 1.04 bits per heavy atom. The third-order valence-electron chi connectivity index (χ3n) is 4.62. The van der Waals surface area contributed by atoms with Gasteiger partial charge in [0.05, 0.1) is 11.4 Å². The van der Waals surface area contributed by atoms with E-state index in [4.69, 9.17) is 4.74 Å². The third kappa shape index (κ3) is 3.30. The number of sulfonamides is 1. The summed E-state index contributed by atoms with van der Waals surface area (Å²) in [7, 11) is -3.53. The molecule has 1 aliphatic rings. The largest absolute Gasteiger partial charge is 0.473 e. The molecule has 1 atom stereocenters. The first-order chi connectivity index (χ1) is 12.5. The Morgan fingerprint density at radius 2 is 1.85 bits per heavy atom. The summed E-state index contributed by atoms with van der Waals surface area (Å²) in [5.74, 6) is 0.542. The van der Waals surface area contributed by atoms with Crippen LogP contribution in [0.3, 0.4) is 0 Å². The minimum Gasteiger partial charge on any atom is -0.473 e. The molecular formula is C20H20N2O3S. The van der Waals surface area contributed by atoms with Crippen LogP contribution in [0.4, 0.5) is 0 Å². The van der Waals surface area contributed by atoms with Crippen molar-refractivity contribution >= 4 is 20.8 Å². The number of rotatable bonds is 4. The summed E-state index contributed by atoms with van der Waals surface area (Å²) in [6.07, 6.45) is 0.474. The fourth-order valence-electron chi connectivity index (χ4n) is 3.24. The molecule has 0 spiro atoms. The molecule has 3 aromatic rings. The number of fused-ring (bicyclic) bond motifs is 1. The van der Waals surface area contributed by atoms with Gasteiger partial charge in [0.1, 0.15) is 6.10 Å². The van der Waals surface area contributed by atoms with Crippen LogP contribution in [-0.2, 0) is 10.0 Å². The van der Waals surface area contributed by atoms with Crippen LogP contribution in [0.5, 0.6) is 5.88 Å². The summed E-state index contributed by atoms with van der Waals surface area (Å²) >= 11 is 0. The van der Waals surface area contributed by atoms with Crippen molar-refractivity contribution in [1.82, 2.24) is 9.29 Å². The van der Waals surface area contributed by atoms with Crippen molar-refractivity contribution in [2.45, 2.75) is 24.3 Å². The van der Waals surface area contributed by atoms with Crippen LogP contribution in [0.25, 0.3) is 10.8 Å². The van der Waals surface area contributed by atoms with Crippen molar-refractivity contribution in [2.24, 2.45) is 0 Å². The first kappa shape index (κ1) is 17.0. The molecule has 4 rings (SSSR count). The van der Waals surface area contributed by atoms with E-state index in [0.29, 0.717) is 30.3 Å². The quantitative estimate of drug-likeness (QED) is 0.708. The Kier molecular flexibility index (Phi) is 4.38. The summed E-state index contributed by atoms with van der Waals surface area (Å²) in [4.78, 5) is 4.65. The van der Waals surface area contributed by atoms with Gasteiger partial charge in [0, 0.05) is 18.3 Å².